The number of non-ortho nitro benzene ring substituents is 1. The number of sulfonamides is 1. The molecule has 0 fully saturated rings. The van der Waals surface area contributed by atoms with Crippen LogP contribution in [0.4, 0.5) is 11.4 Å². The van der Waals surface area contributed by atoms with Crippen LogP contribution in [0.1, 0.15) is 0 Å². The maximum atomic E-state index is 12.6. The molecule has 0 aliphatic rings. The molecule has 1 N–H and O–H groups in total. The Morgan fingerprint density at radius 3 is 2.10 bits per heavy atom. The number of ether oxygens (including phenoxy) is 2. The van der Waals surface area contributed by atoms with Crippen molar-refractivity contribution in [3.05, 3.63) is 76.8 Å². The minimum absolute atomic E-state index is 0.0788. The lowest BCUT2D eigenvalue weighted by molar-refractivity contribution is -0.384. The van der Waals surface area contributed by atoms with E-state index in [9.17, 15) is 18.5 Å². The largest absolute Gasteiger partial charge is 0.497 e. The lowest BCUT2D eigenvalue weighted by Gasteiger charge is -2.13. The van der Waals surface area contributed by atoms with Crippen LogP contribution in [0.2, 0.25) is 0 Å². The van der Waals surface area contributed by atoms with Gasteiger partial charge in [-0.1, -0.05) is 12.1 Å². The Bertz CT molecular complexity index is 1130. The number of benzene rings is 3. The fraction of sp³-hybridized carbons (Fsp3) is 0.100. The highest BCUT2D eigenvalue weighted by Crippen LogP contribution is 2.34. The average Bonchev–Trinajstić information content (AvgIpc) is 2.73. The molecule has 8 nitrogen and oxygen atoms in total. The fourth-order valence-electron chi connectivity index (χ4n) is 2.73. The first-order chi connectivity index (χ1) is 13.8. The van der Waals surface area contributed by atoms with Gasteiger partial charge in [0.1, 0.15) is 11.5 Å². The summed E-state index contributed by atoms with van der Waals surface area (Å²) in [6, 6.07) is 16.8. The Labute approximate surface area is 167 Å². The van der Waals surface area contributed by atoms with Crippen LogP contribution in [0, 0.1) is 10.1 Å². The van der Waals surface area contributed by atoms with E-state index in [2.05, 4.69) is 4.72 Å². The number of anilines is 1. The van der Waals surface area contributed by atoms with Crippen molar-refractivity contribution in [1.29, 1.82) is 0 Å². The average molecular weight is 414 g/mol. The zero-order valence-electron chi connectivity index (χ0n) is 15.7. The maximum absolute atomic E-state index is 12.6. The Kier molecular flexibility index (Phi) is 5.69. The number of nitrogens with zero attached hydrogens (tertiary/aromatic N) is 1. The zero-order chi connectivity index (χ0) is 21.0. The molecule has 0 saturated carbocycles. The topological polar surface area (TPSA) is 108 Å². The molecule has 0 atom stereocenters. The Hall–Kier alpha value is -3.59. The van der Waals surface area contributed by atoms with Gasteiger partial charge in [0.25, 0.3) is 15.7 Å². The molecular weight excluding hydrogens is 396 g/mol. The summed E-state index contributed by atoms with van der Waals surface area (Å²) in [6.07, 6.45) is 0. The number of methoxy groups -OCH3 is 2. The molecule has 3 rings (SSSR count). The van der Waals surface area contributed by atoms with Gasteiger partial charge in [0.05, 0.1) is 24.0 Å². The molecule has 9 heteroatoms. The van der Waals surface area contributed by atoms with E-state index >= 15 is 0 Å². The molecular formula is C20H18N2O6S. The fourth-order valence-corrected chi connectivity index (χ4v) is 3.78. The van der Waals surface area contributed by atoms with Gasteiger partial charge in [-0.2, -0.15) is 0 Å². The standard InChI is InChI=1S/C20H18N2O6S/c1-27-17-8-3-14(4-9-17)19-13-15(5-12-20(19)28-2)21-29(25,26)18-10-6-16(7-11-18)22(23)24/h3-13,21H,1-2H3. The van der Waals surface area contributed by atoms with Gasteiger partial charge in [-0.3, -0.25) is 14.8 Å². The highest BCUT2D eigenvalue weighted by Gasteiger charge is 2.17. The van der Waals surface area contributed by atoms with Gasteiger partial charge in [0, 0.05) is 23.4 Å². The normalized spacial score (nSPS) is 11.0. The first kappa shape index (κ1) is 20.2. The number of hydrogen-bond acceptors (Lipinski definition) is 6. The van der Waals surface area contributed by atoms with E-state index in [-0.39, 0.29) is 10.6 Å². The summed E-state index contributed by atoms with van der Waals surface area (Å²) in [5.41, 5.74) is 1.66. The number of nitro benzene ring substituents is 1. The predicted molar refractivity (Wildman–Crippen MR) is 109 cm³/mol. The third-order valence-corrected chi connectivity index (χ3v) is 5.61. The molecule has 0 radical (unpaired) electrons. The summed E-state index contributed by atoms with van der Waals surface area (Å²) < 4.78 is 38.3. The van der Waals surface area contributed by atoms with E-state index < -0.39 is 14.9 Å². The zero-order valence-corrected chi connectivity index (χ0v) is 16.5. The van der Waals surface area contributed by atoms with Gasteiger partial charge in [-0.05, 0) is 48.0 Å². The Balaban J connectivity index is 1.93. The number of nitrogens with one attached hydrogen (secondary N) is 1. The molecule has 0 spiro atoms. The van der Waals surface area contributed by atoms with Crippen LogP contribution < -0.4 is 14.2 Å². The van der Waals surface area contributed by atoms with Gasteiger partial charge >= 0.3 is 0 Å². The van der Waals surface area contributed by atoms with Crippen molar-refractivity contribution in [1.82, 2.24) is 0 Å². The summed E-state index contributed by atoms with van der Waals surface area (Å²) in [7, 11) is -0.815. The molecule has 0 unspecified atom stereocenters. The first-order valence-corrected chi connectivity index (χ1v) is 9.92. The van der Waals surface area contributed by atoms with Crippen molar-refractivity contribution in [2.24, 2.45) is 0 Å². The van der Waals surface area contributed by atoms with Gasteiger partial charge in [0.2, 0.25) is 0 Å². The summed E-state index contributed by atoms with van der Waals surface area (Å²) in [4.78, 5) is 10.1. The summed E-state index contributed by atoms with van der Waals surface area (Å²) in [5, 5.41) is 10.7. The minimum atomic E-state index is -3.92. The second kappa shape index (κ2) is 8.19. The molecule has 0 amide bonds. The SMILES string of the molecule is COc1ccc(-c2cc(NS(=O)(=O)c3ccc([N+](=O)[O-])cc3)ccc2OC)cc1. The third-order valence-electron chi connectivity index (χ3n) is 4.21. The predicted octanol–water partition coefficient (Wildman–Crippen LogP) is 4.08. The van der Waals surface area contributed by atoms with Gasteiger partial charge in [-0.15, -0.1) is 0 Å². The van der Waals surface area contributed by atoms with Crippen molar-refractivity contribution in [2.75, 3.05) is 18.9 Å². The van der Waals surface area contributed by atoms with Crippen LogP contribution in [0.5, 0.6) is 11.5 Å². The molecule has 0 heterocycles. The maximum Gasteiger partial charge on any atom is 0.269 e. The molecule has 0 aliphatic heterocycles. The van der Waals surface area contributed by atoms with Crippen LogP contribution in [-0.4, -0.2) is 27.6 Å². The van der Waals surface area contributed by atoms with E-state index in [4.69, 9.17) is 9.47 Å². The van der Waals surface area contributed by atoms with Crippen molar-refractivity contribution < 1.29 is 22.8 Å². The van der Waals surface area contributed by atoms with Crippen LogP contribution in [0.15, 0.2) is 71.6 Å². The van der Waals surface area contributed by atoms with Crippen molar-refractivity contribution >= 4 is 21.4 Å². The van der Waals surface area contributed by atoms with E-state index in [0.717, 1.165) is 17.7 Å². The smallest absolute Gasteiger partial charge is 0.269 e. The Morgan fingerprint density at radius 2 is 1.55 bits per heavy atom. The van der Waals surface area contributed by atoms with Crippen LogP contribution in [0.3, 0.4) is 0 Å². The van der Waals surface area contributed by atoms with Gasteiger partial charge in [0.15, 0.2) is 0 Å². The third kappa shape index (κ3) is 4.46. The molecule has 29 heavy (non-hydrogen) atoms. The highest BCUT2D eigenvalue weighted by molar-refractivity contribution is 7.92. The molecule has 0 aliphatic carbocycles. The van der Waals surface area contributed by atoms with Gasteiger partial charge in [-0.25, -0.2) is 8.42 Å². The van der Waals surface area contributed by atoms with Crippen LogP contribution in [-0.2, 0) is 10.0 Å². The second-order valence-electron chi connectivity index (χ2n) is 6.00. The Morgan fingerprint density at radius 1 is 0.897 bits per heavy atom. The van der Waals surface area contributed by atoms with Crippen LogP contribution >= 0.6 is 0 Å². The van der Waals surface area contributed by atoms with E-state index in [1.807, 2.05) is 12.1 Å². The number of nitro groups is 1. The van der Waals surface area contributed by atoms with Crippen molar-refractivity contribution in [3.8, 4) is 22.6 Å². The molecule has 0 aromatic heterocycles. The van der Waals surface area contributed by atoms with E-state index in [0.29, 0.717) is 22.7 Å². The molecule has 0 bridgehead atoms. The summed E-state index contributed by atoms with van der Waals surface area (Å²) >= 11 is 0. The first-order valence-electron chi connectivity index (χ1n) is 8.44. The lowest BCUT2D eigenvalue weighted by atomic mass is 10.0. The summed E-state index contributed by atoms with van der Waals surface area (Å²) in [6.45, 7) is 0. The molecule has 3 aromatic carbocycles. The molecule has 150 valence electrons. The highest BCUT2D eigenvalue weighted by atomic mass is 32.2. The molecule has 0 saturated heterocycles. The van der Waals surface area contributed by atoms with Gasteiger partial charge < -0.3 is 9.47 Å². The minimum Gasteiger partial charge on any atom is -0.497 e. The van der Waals surface area contributed by atoms with Crippen LogP contribution in [0.25, 0.3) is 11.1 Å². The van der Waals surface area contributed by atoms with E-state index in [1.165, 1.54) is 19.2 Å². The quantitative estimate of drug-likeness (QED) is 0.461. The number of hydrogen-bond donors (Lipinski definition) is 1. The second-order valence-corrected chi connectivity index (χ2v) is 7.68. The van der Waals surface area contributed by atoms with E-state index in [1.54, 1.807) is 37.4 Å². The molecule has 3 aromatic rings. The monoisotopic (exact) mass is 414 g/mol. The lowest BCUT2D eigenvalue weighted by Crippen LogP contribution is -2.13. The van der Waals surface area contributed by atoms with Crippen molar-refractivity contribution in [3.63, 3.8) is 0 Å². The summed E-state index contributed by atoms with van der Waals surface area (Å²) in [5.74, 6) is 1.27. The van der Waals surface area contributed by atoms with Crippen molar-refractivity contribution in [2.45, 2.75) is 4.90 Å². The number of rotatable bonds is 7.